The standard InChI is InChI=1S/C18H20N4O4S/c1-11-8-9-19-18(20-11)22-27(24,25)13-6-4-12(5-7-13)21-17(23)15-14-3-2-10-26-16(14)15/h4-9,14-16H,2-3,10H2,1H3,(H,21,23)(H,19,20,22). The normalized spacial score (nSPS) is 24.0. The van der Waals surface area contributed by atoms with Gasteiger partial charge < -0.3 is 10.1 Å². The first kappa shape index (κ1) is 17.9. The number of fused-ring (bicyclic) bond motifs is 1. The molecule has 2 aliphatic rings. The number of sulfonamides is 1. The predicted octanol–water partition coefficient (Wildman–Crippen LogP) is 1.95. The highest BCUT2D eigenvalue weighted by Crippen LogP contribution is 2.48. The number of nitrogens with one attached hydrogen (secondary N) is 2. The van der Waals surface area contributed by atoms with Crippen LogP contribution in [0.1, 0.15) is 18.5 Å². The SMILES string of the molecule is Cc1ccnc(NS(=O)(=O)c2ccc(NC(=O)C3C4CCCOC43)cc2)n1. The zero-order valence-electron chi connectivity index (χ0n) is 14.8. The second-order valence-electron chi connectivity index (χ2n) is 6.81. The molecule has 8 nitrogen and oxygen atoms in total. The Hall–Kier alpha value is -2.52. The van der Waals surface area contributed by atoms with Crippen LogP contribution in [0.2, 0.25) is 0 Å². The van der Waals surface area contributed by atoms with Crippen LogP contribution in [0.25, 0.3) is 0 Å². The average molecular weight is 388 g/mol. The molecule has 9 heteroatoms. The van der Waals surface area contributed by atoms with Crippen LogP contribution < -0.4 is 10.0 Å². The van der Waals surface area contributed by atoms with E-state index in [1.54, 1.807) is 25.1 Å². The molecule has 2 N–H and O–H groups in total. The van der Waals surface area contributed by atoms with E-state index in [1.807, 2.05) is 0 Å². The number of hydrogen-bond acceptors (Lipinski definition) is 6. The maximum atomic E-state index is 12.4. The Morgan fingerprint density at radius 3 is 2.67 bits per heavy atom. The van der Waals surface area contributed by atoms with Crippen LogP contribution in [-0.2, 0) is 19.6 Å². The van der Waals surface area contributed by atoms with Gasteiger partial charge in [-0.1, -0.05) is 0 Å². The van der Waals surface area contributed by atoms with E-state index in [0.29, 0.717) is 17.3 Å². The van der Waals surface area contributed by atoms with Crippen LogP contribution in [0.5, 0.6) is 0 Å². The average Bonchev–Trinajstić information content (AvgIpc) is 3.36. The summed E-state index contributed by atoms with van der Waals surface area (Å²) in [4.78, 5) is 20.4. The van der Waals surface area contributed by atoms with Crippen LogP contribution in [0.4, 0.5) is 11.6 Å². The molecule has 2 heterocycles. The number of carbonyl (C=O) groups is 1. The van der Waals surface area contributed by atoms with Gasteiger partial charge in [0.2, 0.25) is 11.9 Å². The van der Waals surface area contributed by atoms with Crippen molar-refractivity contribution in [2.45, 2.75) is 30.8 Å². The van der Waals surface area contributed by atoms with Crippen molar-refractivity contribution in [3.8, 4) is 0 Å². The van der Waals surface area contributed by atoms with Crippen molar-refractivity contribution in [3.63, 3.8) is 0 Å². The van der Waals surface area contributed by atoms with E-state index in [0.717, 1.165) is 19.4 Å². The van der Waals surface area contributed by atoms with Gasteiger partial charge in [-0.3, -0.25) is 4.79 Å². The maximum absolute atomic E-state index is 12.4. The molecule has 3 unspecified atom stereocenters. The van der Waals surface area contributed by atoms with Crippen molar-refractivity contribution in [1.29, 1.82) is 0 Å². The molecule has 1 saturated heterocycles. The summed E-state index contributed by atoms with van der Waals surface area (Å²) in [5, 5.41) is 2.84. The van der Waals surface area contributed by atoms with Crippen molar-refractivity contribution in [3.05, 3.63) is 42.2 Å². The smallest absolute Gasteiger partial charge is 0.264 e. The number of amides is 1. The molecule has 4 rings (SSSR count). The molecule has 142 valence electrons. The van der Waals surface area contributed by atoms with Crippen LogP contribution in [0, 0.1) is 18.8 Å². The molecule has 27 heavy (non-hydrogen) atoms. The van der Waals surface area contributed by atoms with Crippen molar-refractivity contribution in [2.75, 3.05) is 16.6 Å². The Morgan fingerprint density at radius 1 is 1.22 bits per heavy atom. The lowest BCUT2D eigenvalue weighted by Crippen LogP contribution is -2.17. The molecule has 0 radical (unpaired) electrons. The first-order valence-corrected chi connectivity index (χ1v) is 10.3. The predicted molar refractivity (Wildman–Crippen MR) is 98.6 cm³/mol. The minimum Gasteiger partial charge on any atom is -0.377 e. The van der Waals surface area contributed by atoms with Gasteiger partial charge >= 0.3 is 0 Å². The van der Waals surface area contributed by atoms with Gasteiger partial charge in [-0.2, -0.15) is 0 Å². The van der Waals surface area contributed by atoms with E-state index in [1.165, 1.54) is 18.3 Å². The number of aryl methyl sites for hydroxylation is 1. The first-order chi connectivity index (χ1) is 12.9. The van der Waals surface area contributed by atoms with Gasteiger partial charge in [-0.05, 0) is 50.1 Å². The van der Waals surface area contributed by atoms with Crippen molar-refractivity contribution in [1.82, 2.24) is 9.97 Å². The fourth-order valence-electron chi connectivity index (χ4n) is 3.42. The fraction of sp³-hybridized carbons (Fsp3) is 0.389. The van der Waals surface area contributed by atoms with Gasteiger partial charge in [0.25, 0.3) is 10.0 Å². The number of ether oxygens (including phenoxy) is 1. The summed E-state index contributed by atoms with van der Waals surface area (Å²) in [6.45, 7) is 2.47. The Bertz CT molecular complexity index is 950. The molecular weight excluding hydrogens is 368 g/mol. The second kappa shape index (κ2) is 6.90. The third kappa shape index (κ3) is 3.79. The molecule has 2 fully saturated rings. The zero-order chi connectivity index (χ0) is 19.0. The van der Waals surface area contributed by atoms with E-state index in [-0.39, 0.29) is 28.8 Å². The second-order valence-corrected chi connectivity index (χ2v) is 8.49. The number of anilines is 2. The molecular formula is C18H20N4O4S. The quantitative estimate of drug-likeness (QED) is 0.810. The number of aromatic nitrogens is 2. The minimum absolute atomic E-state index is 0.0173. The lowest BCUT2D eigenvalue weighted by atomic mass is 10.2. The van der Waals surface area contributed by atoms with Gasteiger partial charge in [0.05, 0.1) is 16.9 Å². The zero-order valence-corrected chi connectivity index (χ0v) is 15.6. The topological polar surface area (TPSA) is 110 Å². The van der Waals surface area contributed by atoms with Gasteiger partial charge in [-0.15, -0.1) is 0 Å². The van der Waals surface area contributed by atoms with Crippen LogP contribution >= 0.6 is 0 Å². The molecule has 0 spiro atoms. The molecule has 1 aliphatic heterocycles. The molecule has 1 saturated carbocycles. The summed E-state index contributed by atoms with van der Waals surface area (Å²) in [5.74, 6) is 0.158. The summed E-state index contributed by atoms with van der Waals surface area (Å²) in [6, 6.07) is 7.68. The Morgan fingerprint density at radius 2 is 2.00 bits per heavy atom. The number of nitrogens with zero attached hydrogens (tertiary/aromatic N) is 2. The molecule has 3 atom stereocenters. The Balaban J connectivity index is 1.41. The third-order valence-electron chi connectivity index (χ3n) is 4.84. The summed E-state index contributed by atoms with van der Waals surface area (Å²) in [6.07, 6.45) is 3.54. The molecule has 0 bridgehead atoms. The third-order valence-corrected chi connectivity index (χ3v) is 6.19. The van der Waals surface area contributed by atoms with E-state index < -0.39 is 10.0 Å². The Labute approximate surface area is 157 Å². The van der Waals surface area contributed by atoms with E-state index in [9.17, 15) is 13.2 Å². The fourth-order valence-corrected chi connectivity index (χ4v) is 4.37. The summed E-state index contributed by atoms with van der Waals surface area (Å²) in [5.41, 5.74) is 1.21. The van der Waals surface area contributed by atoms with E-state index in [2.05, 4.69) is 20.0 Å². The highest BCUT2D eigenvalue weighted by molar-refractivity contribution is 7.92. The van der Waals surface area contributed by atoms with Crippen LogP contribution in [0.15, 0.2) is 41.4 Å². The summed E-state index contributed by atoms with van der Waals surface area (Å²) in [7, 11) is -3.80. The number of benzene rings is 1. The number of carbonyl (C=O) groups excluding carboxylic acids is 1. The Kier molecular flexibility index (Phi) is 4.56. The van der Waals surface area contributed by atoms with Gasteiger partial charge in [0.1, 0.15) is 0 Å². The van der Waals surface area contributed by atoms with Crippen molar-refractivity contribution >= 4 is 27.6 Å². The highest BCUT2D eigenvalue weighted by atomic mass is 32.2. The van der Waals surface area contributed by atoms with Crippen molar-refractivity contribution < 1.29 is 17.9 Å². The minimum atomic E-state index is -3.80. The van der Waals surface area contributed by atoms with E-state index in [4.69, 9.17) is 4.74 Å². The van der Waals surface area contributed by atoms with Crippen LogP contribution in [-0.4, -0.2) is 37.0 Å². The molecule has 1 aromatic heterocycles. The van der Waals surface area contributed by atoms with Gasteiger partial charge in [0, 0.05) is 30.1 Å². The molecule has 2 aromatic rings. The summed E-state index contributed by atoms with van der Waals surface area (Å²) < 4.78 is 32.8. The molecule has 1 aliphatic carbocycles. The maximum Gasteiger partial charge on any atom is 0.264 e. The summed E-state index contributed by atoms with van der Waals surface area (Å²) >= 11 is 0. The van der Waals surface area contributed by atoms with Crippen molar-refractivity contribution in [2.24, 2.45) is 11.8 Å². The lowest BCUT2D eigenvalue weighted by molar-refractivity contribution is -0.118. The van der Waals surface area contributed by atoms with E-state index >= 15 is 0 Å². The molecule has 1 amide bonds. The lowest BCUT2D eigenvalue weighted by Gasteiger charge is -2.09. The molecule has 1 aromatic carbocycles. The van der Waals surface area contributed by atoms with Gasteiger partial charge in [-0.25, -0.2) is 23.1 Å². The largest absolute Gasteiger partial charge is 0.377 e. The van der Waals surface area contributed by atoms with Gasteiger partial charge in [0.15, 0.2) is 0 Å². The first-order valence-electron chi connectivity index (χ1n) is 8.79. The highest BCUT2D eigenvalue weighted by Gasteiger charge is 2.56. The monoisotopic (exact) mass is 388 g/mol. The number of rotatable bonds is 5. The number of hydrogen-bond donors (Lipinski definition) is 2. The van der Waals surface area contributed by atoms with Crippen LogP contribution in [0.3, 0.4) is 0 Å².